The molecule has 4 heteroatoms. The summed E-state index contributed by atoms with van der Waals surface area (Å²) in [5.41, 5.74) is 2.23. The van der Waals surface area contributed by atoms with Crippen LogP contribution in [0.5, 0.6) is 0 Å². The highest BCUT2D eigenvalue weighted by Gasteiger charge is 2.05. The second-order valence-electron chi connectivity index (χ2n) is 5.77. The highest BCUT2D eigenvalue weighted by Crippen LogP contribution is 2.05. The van der Waals surface area contributed by atoms with Crippen molar-refractivity contribution in [2.45, 2.75) is 32.1 Å². The monoisotopic (exact) mass is 340 g/mol. The summed E-state index contributed by atoms with van der Waals surface area (Å²) in [4.78, 5) is 23.3. The van der Waals surface area contributed by atoms with E-state index in [0.717, 1.165) is 11.1 Å². The number of hydrogen-bond acceptors (Lipinski definition) is 4. The van der Waals surface area contributed by atoms with Crippen molar-refractivity contribution in [2.75, 3.05) is 13.2 Å². The fraction of sp³-hybridized carbons (Fsp3) is 0.333. The Labute approximate surface area is 148 Å². The van der Waals surface area contributed by atoms with Gasteiger partial charge >= 0.3 is 11.9 Å². The smallest absolute Gasteiger partial charge is 0.306 e. The fourth-order valence-corrected chi connectivity index (χ4v) is 2.36. The van der Waals surface area contributed by atoms with Crippen LogP contribution in [0.1, 0.15) is 30.4 Å². The van der Waals surface area contributed by atoms with Crippen LogP contribution in [-0.4, -0.2) is 25.2 Å². The van der Waals surface area contributed by atoms with Gasteiger partial charge in [-0.05, 0) is 24.0 Å². The standard InChI is InChI=1S/C21H24O4/c22-20(14-12-18-8-3-1-4-9-18)24-16-7-17-25-21(23)15-13-19-10-5-2-6-11-19/h1-6,8-11H,7,12-17H2. The molecule has 4 nitrogen and oxygen atoms in total. The third-order valence-electron chi connectivity index (χ3n) is 3.74. The lowest BCUT2D eigenvalue weighted by Gasteiger charge is -2.07. The van der Waals surface area contributed by atoms with Crippen LogP contribution in [0.3, 0.4) is 0 Å². The van der Waals surface area contributed by atoms with Crippen molar-refractivity contribution in [3.63, 3.8) is 0 Å². The highest BCUT2D eigenvalue weighted by molar-refractivity contribution is 5.70. The molecule has 2 aromatic carbocycles. The average molecular weight is 340 g/mol. The van der Waals surface area contributed by atoms with Crippen molar-refractivity contribution in [3.8, 4) is 0 Å². The lowest BCUT2D eigenvalue weighted by Crippen LogP contribution is -2.11. The minimum absolute atomic E-state index is 0.223. The first kappa shape index (κ1) is 18.7. The lowest BCUT2D eigenvalue weighted by atomic mass is 10.1. The molecule has 0 radical (unpaired) electrons. The van der Waals surface area contributed by atoms with E-state index in [1.807, 2.05) is 60.7 Å². The van der Waals surface area contributed by atoms with Gasteiger partial charge in [-0.25, -0.2) is 0 Å². The summed E-state index contributed by atoms with van der Waals surface area (Å²) in [5.74, 6) is -0.446. The van der Waals surface area contributed by atoms with Gasteiger partial charge in [-0.2, -0.15) is 0 Å². The van der Waals surface area contributed by atoms with Crippen molar-refractivity contribution in [1.29, 1.82) is 0 Å². The predicted octanol–water partition coefficient (Wildman–Crippen LogP) is 3.73. The van der Waals surface area contributed by atoms with Crippen molar-refractivity contribution < 1.29 is 19.1 Å². The van der Waals surface area contributed by atoms with Crippen LogP contribution in [0.15, 0.2) is 60.7 Å². The van der Waals surface area contributed by atoms with E-state index < -0.39 is 0 Å². The number of rotatable bonds is 10. The van der Waals surface area contributed by atoms with Crippen LogP contribution in [0.4, 0.5) is 0 Å². The van der Waals surface area contributed by atoms with Gasteiger partial charge in [0.25, 0.3) is 0 Å². The molecule has 0 amide bonds. The van der Waals surface area contributed by atoms with Crippen LogP contribution in [0.25, 0.3) is 0 Å². The van der Waals surface area contributed by atoms with Crippen LogP contribution >= 0.6 is 0 Å². The van der Waals surface area contributed by atoms with Gasteiger partial charge in [0.1, 0.15) is 0 Å². The molecule has 0 bridgehead atoms. The summed E-state index contributed by atoms with van der Waals surface area (Å²) in [6.45, 7) is 0.555. The number of aryl methyl sites for hydroxylation is 2. The lowest BCUT2D eigenvalue weighted by molar-refractivity contribution is -0.146. The first-order chi connectivity index (χ1) is 12.2. The molecule has 0 fully saturated rings. The molecule has 0 saturated carbocycles. The van der Waals surface area contributed by atoms with Crippen molar-refractivity contribution >= 4 is 11.9 Å². The molecule has 0 saturated heterocycles. The fourth-order valence-electron chi connectivity index (χ4n) is 2.36. The van der Waals surface area contributed by atoms with E-state index in [2.05, 4.69) is 0 Å². The zero-order valence-corrected chi connectivity index (χ0v) is 14.4. The molecule has 0 heterocycles. The molecule has 0 aromatic heterocycles. The molecule has 132 valence electrons. The molecule has 2 rings (SSSR count). The zero-order valence-electron chi connectivity index (χ0n) is 14.4. The largest absolute Gasteiger partial charge is 0.466 e. The van der Waals surface area contributed by atoms with E-state index in [1.165, 1.54) is 0 Å². The van der Waals surface area contributed by atoms with E-state index >= 15 is 0 Å². The van der Waals surface area contributed by atoms with Crippen LogP contribution in [0, 0.1) is 0 Å². The summed E-state index contributed by atoms with van der Waals surface area (Å²) in [6.07, 6.45) is 2.60. The molecule has 0 atom stereocenters. The van der Waals surface area contributed by atoms with Gasteiger partial charge in [0.15, 0.2) is 0 Å². The summed E-state index contributed by atoms with van der Waals surface area (Å²) in [6, 6.07) is 19.7. The summed E-state index contributed by atoms with van der Waals surface area (Å²) < 4.78 is 10.3. The molecular weight excluding hydrogens is 316 g/mol. The quantitative estimate of drug-likeness (QED) is 0.488. The van der Waals surface area contributed by atoms with Crippen molar-refractivity contribution in [3.05, 3.63) is 71.8 Å². The van der Waals surface area contributed by atoms with Crippen LogP contribution < -0.4 is 0 Å². The molecule has 0 spiro atoms. The van der Waals surface area contributed by atoms with Gasteiger partial charge in [-0.15, -0.1) is 0 Å². The van der Waals surface area contributed by atoms with Gasteiger partial charge in [0.05, 0.1) is 13.2 Å². The molecule has 0 N–H and O–H groups in total. The topological polar surface area (TPSA) is 52.6 Å². The highest BCUT2D eigenvalue weighted by atomic mass is 16.5. The van der Waals surface area contributed by atoms with E-state index in [9.17, 15) is 9.59 Å². The third-order valence-corrected chi connectivity index (χ3v) is 3.74. The van der Waals surface area contributed by atoms with E-state index in [-0.39, 0.29) is 25.2 Å². The van der Waals surface area contributed by atoms with Gasteiger partial charge in [-0.3, -0.25) is 9.59 Å². The van der Waals surface area contributed by atoms with Gasteiger partial charge in [-0.1, -0.05) is 60.7 Å². The second-order valence-corrected chi connectivity index (χ2v) is 5.77. The van der Waals surface area contributed by atoms with E-state index in [0.29, 0.717) is 32.1 Å². The zero-order chi connectivity index (χ0) is 17.7. The van der Waals surface area contributed by atoms with Gasteiger partial charge in [0, 0.05) is 19.3 Å². The van der Waals surface area contributed by atoms with E-state index in [1.54, 1.807) is 0 Å². The summed E-state index contributed by atoms with van der Waals surface area (Å²) >= 11 is 0. The Bertz CT molecular complexity index is 580. The minimum atomic E-state index is -0.223. The second kappa shape index (κ2) is 11.0. The first-order valence-corrected chi connectivity index (χ1v) is 8.63. The number of hydrogen-bond donors (Lipinski definition) is 0. The Morgan fingerprint density at radius 1 is 0.640 bits per heavy atom. The number of carbonyl (C=O) groups excluding carboxylic acids is 2. The maximum absolute atomic E-state index is 11.6. The Hall–Kier alpha value is -2.62. The third kappa shape index (κ3) is 8.15. The SMILES string of the molecule is O=C(CCc1ccccc1)OCCCOC(=O)CCc1ccccc1. The van der Waals surface area contributed by atoms with E-state index in [4.69, 9.17) is 9.47 Å². The predicted molar refractivity (Wildman–Crippen MR) is 96.1 cm³/mol. The minimum Gasteiger partial charge on any atom is -0.466 e. The Morgan fingerprint density at radius 2 is 1.04 bits per heavy atom. The summed E-state index contributed by atoms with van der Waals surface area (Å²) in [5, 5.41) is 0. The maximum atomic E-state index is 11.6. The molecule has 25 heavy (non-hydrogen) atoms. The normalized spacial score (nSPS) is 10.2. The molecule has 2 aromatic rings. The number of ether oxygens (including phenoxy) is 2. The van der Waals surface area contributed by atoms with Crippen LogP contribution in [-0.2, 0) is 31.9 Å². The molecule has 0 aliphatic rings. The summed E-state index contributed by atoms with van der Waals surface area (Å²) in [7, 11) is 0. The maximum Gasteiger partial charge on any atom is 0.306 e. The molecular formula is C21H24O4. The Balaban J connectivity index is 1.48. The van der Waals surface area contributed by atoms with Crippen molar-refractivity contribution in [1.82, 2.24) is 0 Å². The van der Waals surface area contributed by atoms with Crippen LogP contribution in [0.2, 0.25) is 0 Å². The van der Waals surface area contributed by atoms with Gasteiger partial charge in [0.2, 0.25) is 0 Å². The number of benzene rings is 2. The number of carbonyl (C=O) groups is 2. The van der Waals surface area contributed by atoms with Crippen molar-refractivity contribution in [2.24, 2.45) is 0 Å². The Morgan fingerprint density at radius 3 is 1.44 bits per heavy atom. The first-order valence-electron chi connectivity index (χ1n) is 8.63. The molecule has 0 aliphatic heterocycles. The van der Waals surface area contributed by atoms with Gasteiger partial charge < -0.3 is 9.47 Å². The Kier molecular flexibility index (Phi) is 8.25. The average Bonchev–Trinajstić information content (AvgIpc) is 2.66. The molecule has 0 unspecified atom stereocenters. The molecule has 0 aliphatic carbocycles. The number of esters is 2.